The molecule has 1 aromatic rings. The summed E-state index contributed by atoms with van der Waals surface area (Å²) in [6, 6.07) is 6.19. The van der Waals surface area contributed by atoms with Crippen LogP contribution in [0, 0.1) is 0 Å². The van der Waals surface area contributed by atoms with E-state index in [9.17, 15) is 13.2 Å². The van der Waals surface area contributed by atoms with Crippen LogP contribution < -0.4 is 0 Å². The van der Waals surface area contributed by atoms with E-state index in [1.165, 1.54) is 12.1 Å². The van der Waals surface area contributed by atoms with Crippen LogP contribution in [0.4, 0.5) is 0 Å². The van der Waals surface area contributed by atoms with Gasteiger partial charge in [0.25, 0.3) is 5.91 Å². The van der Waals surface area contributed by atoms with Crippen LogP contribution in [0.25, 0.3) is 0 Å². The molecule has 0 bridgehead atoms. The number of benzene rings is 1. The van der Waals surface area contributed by atoms with Gasteiger partial charge < -0.3 is 4.90 Å². The van der Waals surface area contributed by atoms with Gasteiger partial charge in [-0.1, -0.05) is 13.3 Å². The quantitative estimate of drug-likeness (QED) is 0.811. The van der Waals surface area contributed by atoms with E-state index in [2.05, 4.69) is 6.92 Å². The molecule has 20 heavy (non-hydrogen) atoms. The van der Waals surface area contributed by atoms with Crippen molar-refractivity contribution in [2.24, 2.45) is 0 Å². The maximum Gasteiger partial charge on any atom is 0.253 e. The number of nitrogens with zero attached hydrogens (tertiary/aromatic N) is 1. The number of carbonyl (C=O) groups is 1. The molecule has 0 unspecified atom stereocenters. The minimum absolute atomic E-state index is 0.0769. The van der Waals surface area contributed by atoms with Crippen molar-refractivity contribution in [1.29, 1.82) is 0 Å². The van der Waals surface area contributed by atoms with E-state index in [-0.39, 0.29) is 10.8 Å². The fourth-order valence-electron chi connectivity index (χ4n) is 1.78. The van der Waals surface area contributed by atoms with Crippen molar-refractivity contribution in [1.82, 2.24) is 4.90 Å². The lowest BCUT2D eigenvalue weighted by molar-refractivity contribution is 0.0793. The molecule has 0 saturated carbocycles. The molecule has 0 aromatic heterocycles. The Morgan fingerprint density at radius 2 is 1.75 bits per heavy atom. The zero-order chi connectivity index (χ0) is 15.3. The Labute approximate surface area is 121 Å². The molecule has 0 heterocycles. The average Bonchev–Trinajstić information content (AvgIpc) is 2.43. The number of hydrogen-bond acceptors (Lipinski definition) is 3. The third-order valence-corrected chi connectivity index (χ3v) is 5.41. The first-order valence-corrected chi connectivity index (χ1v) is 8.44. The molecule has 0 aliphatic carbocycles. The smallest absolute Gasteiger partial charge is 0.253 e. The molecule has 1 aromatic carbocycles. The second-order valence-electron chi connectivity index (χ2n) is 5.20. The zero-order valence-corrected chi connectivity index (χ0v) is 13.4. The van der Waals surface area contributed by atoms with E-state index in [1.807, 2.05) is 0 Å². The normalized spacial score (nSPS) is 11.7. The van der Waals surface area contributed by atoms with Gasteiger partial charge >= 0.3 is 0 Å². The first kappa shape index (κ1) is 16.7. The van der Waals surface area contributed by atoms with Gasteiger partial charge in [-0.3, -0.25) is 4.79 Å². The van der Waals surface area contributed by atoms with E-state index in [1.54, 1.807) is 37.9 Å². The summed E-state index contributed by atoms with van der Waals surface area (Å²) in [6.45, 7) is 6.07. The summed E-state index contributed by atoms with van der Waals surface area (Å²) in [5.41, 5.74) is 0.520. The summed E-state index contributed by atoms with van der Waals surface area (Å²) < 4.78 is 24.0. The third kappa shape index (κ3) is 3.82. The highest BCUT2D eigenvalue weighted by Gasteiger charge is 2.19. The minimum Gasteiger partial charge on any atom is -0.342 e. The monoisotopic (exact) mass is 297 g/mol. The highest BCUT2D eigenvalue weighted by atomic mass is 32.2. The Balaban J connectivity index is 2.89. The van der Waals surface area contributed by atoms with Crippen LogP contribution in [0.2, 0.25) is 0 Å². The topological polar surface area (TPSA) is 54.5 Å². The number of amides is 1. The molecule has 0 N–H and O–H groups in total. The number of carbonyl (C=O) groups excluding carboxylic acids is 1. The van der Waals surface area contributed by atoms with Crippen LogP contribution in [-0.4, -0.2) is 38.1 Å². The molecule has 1 rings (SSSR count). The van der Waals surface area contributed by atoms with Crippen molar-refractivity contribution in [3.63, 3.8) is 0 Å². The van der Waals surface area contributed by atoms with Crippen molar-refractivity contribution in [3.8, 4) is 0 Å². The maximum atomic E-state index is 12.1. The zero-order valence-electron chi connectivity index (χ0n) is 12.6. The highest BCUT2D eigenvalue weighted by Crippen LogP contribution is 2.17. The number of unbranched alkanes of at least 4 members (excludes halogenated alkanes) is 1. The summed E-state index contributed by atoms with van der Waals surface area (Å²) in [4.78, 5) is 14.0. The van der Waals surface area contributed by atoms with E-state index in [0.717, 1.165) is 12.8 Å². The maximum absolute atomic E-state index is 12.1. The van der Waals surface area contributed by atoms with E-state index >= 15 is 0 Å². The van der Waals surface area contributed by atoms with Gasteiger partial charge in [-0.25, -0.2) is 8.42 Å². The van der Waals surface area contributed by atoms with Gasteiger partial charge in [0.15, 0.2) is 9.84 Å². The van der Waals surface area contributed by atoms with Gasteiger partial charge in [-0.2, -0.15) is 0 Å². The second kappa shape index (κ2) is 6.88. The summed E-state index contributed by atoms with van der Waals surface area (Å²) in [5.74, 6) is -0.0769. The van der Waals surface area contributed by atoms with Gasteiger partial charge in [-0.05, 0) is 44.5 Å². The lowest BCUT2D eigenvalue weighted by Gasteiger charge is -2.17. The Morgan fingerprint density at radius 3 is 2.20 bits per heavy atom. The molecule has 4 nitrogen and oxygen atoms in total. The summed E-state index contributed by atoms with van der Waals surface area (Å²) in [6.07, 6.45) is 1.99. The Kier molecular flexibility index (Phi) is 5.74. The van der Waals surface area contributed by atoms with E-state index in [0.29, 0.717) is 12.1 Å². The Hall–Kier alpha value is -1.36. The minimum atomic E-state index is -3.28. The van der Waals surface area contributed by atoms with Gasteiger partial charge in [0.1, 0.15) is 0 Å². The number of hydrogen-bond donors (Lipinski definition) is 0. The number of sulfone groups is 1. The molecular weight excluding hydrogens is 274 g/mol. The van der Waals surface area contributed by atoms with Gasteiger partial charge in [0.05, 0.1) is 10.1 Å². The van der Waals surface area contributed by atoms with E-state index in [4.69, 9.17) is 0 Å². The van der Waals surface area contributed by atoms with Crippen LogP contribution in [0.3, 0.4) is 0 Å². The average molecular weight is 297 g/mol. The first-order chi connectivity index (χ1) is 9.30. The van der Waals surface area contributed by atoms with Crippen molar-refractivity contribution < 1.29 is 13.2 Å². The highest BCUT2D eigenvalue weighted by molar-refractivity contribution is 7.92. The molecule has 1 amide bonds. The molecule has 0 saturated heterocycles. The van der Waals surface area contributed by atoms with Gasteiger partial charge in [-0.15, -0.1) is 0 Å². The molecule has 0 spiro atoms. The van der Waals surface area contributed by atoms with Gasteiger partial charge in [0.2, 0.25) is 0 Å². The Morgan fingerprint density at radius 1 is 1.20 bits per heavy atom. The third-order valence-electron chi connectivity index (χ3n) is 3.24. The van der Waals surface area contributed by atoms with Crippen LogP contribution >= 0.6 is 0 Å². The second-order valence-corrected chi connectivity index (χ2v) is 7.70. The largest absolute Gasteiger partial charge is 0.342 e. The van der Waals surface area contributed by atoms with Crippen molar-refractivity contribution >= 4 is 15.7 Å². The summed E-state index contributed by atoms with van der Waals surface area (Å²) >= 11 is 0. The number of rotatable bonds is 6. The van der Waals surface area contributed by atoms with Crippen LogP contribution in [0.1, 0.15) is 44.0 Å². The van der Waals surface area contributed by atoms with Crippen molar-refractivity contribution in [3.05, 3.63) is 29.8 Å². The van der Waals surface area contributed by atoms with Crippen molar-refractivity contribution in [2.45, 2.75) is 43.8 Å². The molecule has 112 valence electrons. The lowest BCUT2D eigenvalue weighted by atomic mass is 10.2. The lowest BCUT2D eigenvalue weighted by Crippen LogP contribution is -2.27. The van der Waals surface area contributed by atoms with E-state index < -0.39 is 15.1 Å². The SMILES string of the molecule is CCCCN(C)C(=O)c1ccc(S(=O)(=O)C(C)C)cc1. The summed E-state index contributed by atoms with van der Waals surface area (Å²) in [7, 11) is -1.52. The standard InChI is InChI=1S/C15H23NO3S/c1-5-6-11-16(4)15(17)13-7-9-14(10-8-13)20(18,19)12(2)3/h7-10,12H,5-6,11H2,1-4H3. The Bertz CT molecular complexity index is 547. The molecular formula is C15H23NO3S. The van der Waals surface area contributed by atoms with Crippen LogP contribution in [0.15, 0.2) is 29.2 Å². The van der Waals surface area contributed by atoms with Crippen LogP contribution in [-0.2, 0) is 9.84 Å². The summed E-state index contributed by atoms with van der Waals surface area (Å²) in [5, 5.41) is -0.462. The molecule has 0 aliphatic heterocycles. The fourth-order valence-corrected chi connectivity index (χ4v) is 2.84. The first-order valence-electron chi connectivity index (χ1n) is 6.90. The molecule has 0 aliphatic rings. The molecule has 5 heteroatoms. The molecule has 0 radical (unpaired) electrons. The van der Waals surface area contributed by atoms with Crippen LogP contribution in [0.5, 0.6) is 0 Å². The predicted octanol–water partition coefficient (Wildman–Crippen LogP) is 2.74. The fraction of sp³-hybridized carbons (Fsp3) is 0.533. The molecule has 0 fully saturated rings. The molecule has 0 atom stereocenters. The predicted molar refractivity (Wildman–Crippen MR) is 80.6 cm³/mol. The van der Waals surface area contributed by atoms with Gasteiger partial charge in [0, 0.05) is 19.2 Å². The van der Waals surface area contributed by atoms with Crippen molar-refractivity contribution in [2.75, 3.05) is 13.6 Å².